The summed E-state index contributed by atoms with van der Waals surface area (Å²) in [6.07, 6.45) is 0.587. The molecule has 2 aromatic rings. The zero-order chi connectivity index (χ0) is 12.3. The van der Waals surface area contributed by atoms with Crippen LogP contribution in [-0.4, -0.2) is 16.7 Å². The monoisotopic (exact) mass is 296 g/mol. The predicted molar refractivity (Wildman–Crippen MR) is 69.2 cm³/mol. The minimum Gasteiger partial charge on any atom is -0.408 e. The quantitative estimate of drug-likeness (QED) is 0.906. The van der Waals surface area contributed by atoms with Gasteiger partial charge in [0.2, 0.25) is 5.89 Å². The second kappa shape index (κ2) is 5.29. The molecule has 0 atom stereocenters. The van der Waals surface area contributed by atoms with Crippen LogP contribution in [0.2, 0.25) is 0 Å². The van der Waals surface area contributed by atoms with E-state index >= 15 is 0 Å². The topological polar surface area (TPSA) is 77.0 Å². The number of anilines is 2. The molecule has 0 amide bonds. The lowest BCUT2D eigenvalue weighted by Crippen LogP contribution is -2.02. The average Bonchev–Trinajstić information content (AvgIpc) is 2.72. The summed E-state index contributed by atoms with van der Waals surface area (Å²) in [5, 5.41) is 10.8. The van der Waals surface area contributed by atoms with Crippen molar-refractivity contribution in [2.45, 2.75) is 13.3 Å². The minimum atomic E-state index is 0.375. The largest absolute Gasteiger partial charge is 0.408 e. The van der Waals surface area contributed by atoms with Crippen molar-refractivity contribution in [3.63, 3.8) is 0 Å². The van der Waals surface area contributed by atoms with Crippen LogP contribution in [0.4, 0.5) is 11.7 Å². The second-order valence-electron chi connectivity index (χ2n) is 3.65. The van der Waals surface area contributed by atoms with Crippen LogP contribution in [0.25, 0.3) is 0 Å². The third-order valence-corrected chi connectivity index (χ3v) is 2.88. The van der Waals surface area contributed by atoms with E-state index in [2.05, 4.69) is 31.4 Å². The fourth-order valence-corrected chi connectivity index (χ4v) is 1.72. The van der Waals surface area contributed by atoms with Gasteiger partial charge in [0.25, 0.3) is 0 Å². The van der Waals surface area contributed by atoms with Crippen molar-refractivity contribution in [2.24, 2.45) is 5.73 Å². The molecule has 6 heteroatoms. The van der Waals surface area contributed by atoms with Gasteiger partial charge in [-0.05, 0) is 40.5 Å². The van der Waals surface area contributed by atoms with Gasteiger partial charge in [-0.25, -0.2) is 0 Å². The highest BCUT2D eigenvalue weighted by Gasteiger charge is 2.07. The van der Waals surface area contributed by atoms with Crippen LogP contribution >= 0.6 is 15.9 Å². The molecule has 1 heterocycles. The van der Waals surface area contributed by atoms with Crippen LogP contribution in [0, 0.1) is 6.92 Å². The van der Waals surface area contributed by atoms with Gasteiger partial charge < -0.3 is 15.5 Å². The Morgan fingerprint density at radius 1 is 1.41 bits per heavy atom. The van der Waals surface area contributed by atoms with Gasteiger partial charge in [0, 0.05) is 17.4 Å². The number of aromatic nitrogens is 2. The fourth-order valence-electron chi connectivity index (χ4n) is 1.38. The number of nitrogens with one attached hydrogen (secondary N) is 1. The fraction of sp³-hybridized carbons (Fsp3) is 0.273. The van der Waals surface area contributed by atoms with Gasteiger partial charge in [-0.1, -0.05) is 11.2 Å². The highest BCUT2D eigenvalue weighted by atomic mass is 79.9. The van der Waals surface area contributed by atoms with Crippen LogP contribution in [0.3, 0.4) is 0 Å². The molecule has 0 saturated heterocycles. The predicted octanol–water partition coefficient (Wildman–Crippen LogP) is 2.39. The third kappa shape index (κ3) is 3.04. The summed E-state index contributed by atoms with van der Waals surface area (Å²) >= 11 is 3.45. The lowest BCUT2D eigenvalue weighted by molar-refractivity contribution is 0.510. The average molecular weight is 297 g/mol. The Labute approximate surface area is 108 Å². The Hall–Kier alpha value is -1.40. The van der Waals surface area contributed by atoms with Crippen molar-refractivity contribution in [2.75, 3.05) is 11.9 Å². The zero-order valence-corrected chi connectivity index (χ0v) is 11.0. The normalized spacial score (nSPS) is 10.5. The van der Waals surface area contributed by atoms with Crippen molar-refractivity contribution < 1.29 is 4.42 Å². The molecule has 0 unspecified atom stereocenters. The highest BCUT2D eigenvalue weighted by molar-refractivity contribution is 9.10. The summed E-state index contributed by atoms with van der Waals surface area (Å²) in [6, 6.07) is 6.36. The molecule has 0 aliphatic carbocycles. The first-order chi connectivity index (χ1) is 8.19. The molecular formula is C11H13BrN4O. The Morgan fingerprint density at radius 3 is 3.00 bits per heavy atom. The molecule has 0 bridgehead atoms. The van der Waals surface area contributed by atoms with Crippen molar-refractivity contribution in [1.82, 2.24) is 10.2 Å². The number of hydrogen-bond acceptors (Lipinski definition) is 5. The molecule has 1 aromatic heterocycles. The van der Waals surface area contributed by atoms with Gasteiger partial charge in [-0.15, -0.1) is 5.10 Å². The first-order valence-electron chi connectivity index (χ1n) is 5.24. The third-order valence-electron chi connectivity index (χ3n) is 2.19. The minimum absolute atomic E-state index is 0.375. The van der Waals surface area contributed by atoms with Crippen LogP contribution in [-0.2, 0) is 6.42 Å². The number of halogens is 1. The van der Waals surface area contributed by atoms with Gasteiger partial charge >= 0.3 is 6.01 Å². The van der Waals surface area contributed by atoms with Gasteiger partial charge in [-0.3, -0.25) is 0 Å². The van der Waals surface area contributed by atoms with E-state index in [1.165, 1.54) is 0 Å². The number of rotatable bonds is 4. The number of benzene rings is 1. The van der Waals surface area contributed by atoms with Gasteiger partial charge in [-0.2, -0.15) is 0 Å². The van der Waals surface area contributed by atoms with E-state index in [0.717, 1.165) is 15.7 Å². The van der Waals surface area contributed by atoms with E-state index in [4.69, 9.17) is 10.2 Å². The Bertz CT molecular complexity index is 512. The second-order valence-corrected chi connectivity index (χ2v) is 4.50. The molecule has 0 saturated carbocycles. The molecule has 5 nitrogen and oxygen atoms in total. The van der Waals surface area contributed by atoms with Crippen molar-refractivity contribution in [3.8, 4) is 0 Å². The van der Waals surface area contributed by atoms with Gasteiger partial charge in [0.05, 0.1) is 5.69 Å². The van der Waals surface area contributed by atoms with E-state index < -0.39 is 0 Å². The molecule has 0 aliphatic rings. The molecule has 3 N–H and O–H groups in total. The molecule has 0 fully saturated rings. The lowest BCUT2D eigenvalue weighted by Gasteiger charge is -2.04. The van der Waals surface area contributed by atoms with E-state index in [9.17, 15) is 0 Å². The van der Waals surface area contributed by atoms with Gasteiger partial charge in [0.1, 0.15) is 0 Å². The van der Waals surface area contributed by atoms with E-state index in [1.807, 2.05) is 25.1 Å². The van der Waals surface area contributed by atoms with E-state index in [1.54, 1.807) is 0 Å². The maximum Gasteiger partial charge on any atom is 0.320 e. The zero-order valence-electron chi connectivity index (χ0n) is 9.40. The van der Waals surface area contributed by atoms with Crippen molar-refractivity contribution in [1.29, 1.82) is 0 Å². The number of nitrogens with zero attached hydrogens (tertiary/aromatic N) is 2. The van der Waals surface area contributed by atoms with Crippen LogP contribution < -0.4 is 11.1 Å². The SMILES string of the molecule is Cc1ccc(Br)c(Nc2nnc(CCN)o2)c1. The molecule has 0 aliphatic heterocycles. The summed E-state index contributed by atoms with van der Waals surface area (Å²) in [4.78, 5) is 0. The Kier molecular flexibility index (Phi) is 3.75. The first-order valence-corrected chi connectivity index (χ1v) is 6.04. The molecule has 2 rings (SSSR count). The molecule has 17 heavy (non-hydrogen) atoms. The summed E-state index contributed by atoms with van der Waals surface area (Å²) in [5.41, 5.74) is 7.46. The summed E-state index contributed by atoms with van der Waals surface area (Å²) in [6.45, 7) is 2.51. The molecule has 0 spiro atoms. The summed E-state index contributed by atoms with van der Waals surface area (Å²) in [7, 11) is 0. The summed E-state index contributed by atoms with van der Waals surface area (Å²) < 4.78 is 6.33. The van der Waals surface area contributed by atoms with Crippen LogP contribution in [0.1, 0.15) is 11.5 Å². The van der Waals surface area contributed by atoms with Crippen LogP contribution in [0.5, 0.6) is 0 Å². The smallest absolute Gasteiger partial charge is 0.320 e. The van der Waals surface area contributed by atoms with Crippen molar-refractivity contribution in [3.05, 3.63) is 34.1 Å². The van der Waals surface area contributed by atoms with Crippen molar-refractivity contribution >= 4 is 27.6 Å². The standard InChI is InChI=1S/C11H13BrN4O/c1-7-2-3-8(12)9(6-7)14-11-16-15-10(17-11)4-5-13/h2-3,6H,4-5,13H2,1H3,(H,14,16). The maximum absolute atomic E-state index is 5.41. The lowest BCUT2D eigenvalue weighted by atomic mass is 10.2. The maximum atomic E-state index is 5.41. The molecule has 90 valence electrons. The van der Waals surface area contributed by atoms with E-state index in [0.29, 0.717) is 24.9 Å². The number of hydrogen-bond donors (Lipinski definition) is 2. The summed E-state index contributed by atoms with van der Waals surface area (Å²) in [5.74, 6) is 0.541. The molecule has 0 radical (unpaired) electrons. The van der Waals surface area contributed by atoms with E-state index in [-0.39, 0.29) is 0 Å². The molecule has 1 aromatic carbocycles. The highest BCUT2D eigenvalue weighted by Crippen LogP contribution is 2.26. The molecular weight excluding hydrogens is 284 g/mol. The Morgan fingerprint density at radius 2 is 2.24 bits per heavy atom. The number of nitrogens with two attached hydrogens (primary N) is 1. The van der Waals surface area contributed by atoms with Gasteiger partial charge in [0.15, 0.2) is 0 Å². The Balaban J connectivity index is 2.16. The first kappa shape index (κ1) is 12.1. The van der Waals surface area contributed by atoms with Crippen LogP contribution in [0.15, 0.2) is 27.1 Å². The number of aryl methyl sites for hydroxylation is 1.